The number of aromatic hydroxyl groups is 1. The minimum absolute atomic E-state index is 0.0469. The molecule has 6 aromatic rings. The van der Waals surface area contributed by atoms with E-state index in [4.69, 9.17) is 20.1 Å². The van der Waals surface area contributed by atoms with Crippen LogP contribution in [0.3, 0.4) is 0 Å². The highest BCUT2D eigenvalue weighted by atomic mass is 32.1. The van der Waals surface area contributed by atoms with E-state index in [9.17, 15) is 19.8 Å². The Balaban J connectivity index is 0.812. The highest BCUT2D eigenvalue weighted by molar-refractivity contribution is 7.13. The number of aryl methyl sites for hydroxylation is 1. The summed E-state index contributed by atoms with van der Waals surface area (Å²) in [4.78, 5) is 37.4. The van der Waals surface area contributed by atoms with Crippen molar-refractivity contribution in [3.63, 3.8) is 0 Å². The minimum Gasteiger partial charge on any atom is -0.507 e. The van der Waals surface area contributed by atoms with Crippen LogP contribution in [0.1, 0.15) is 87.9 Å². The number of nitrogen functional groups attached to an aromatic ring is 1. The number of ether oxygens (including phenoxy) is 1. The molecule has 0 spiro atoms. The second kappa shape index (κ2) is 17.1. The van der Waals surface area contributed by atoms with Crippen LogP contribution in [0.2, 0.25) is 0 Å². The molecule has 3 saturated heterocycles. The van der Waals surface area contributed by atoms with Gasteiger partial charge in [-0.05, 0) is 79.9 Å². The maximum Gasteiger partial charge on any atom is 0.254 e. The third-order valence-corrected chi connectivity index (χ3v) is 13.8. The molecule has 324 valence electrons. The number of carbonyl (C=O) groups is 2. The number of carbonyl (C=O) groups excluding carboxylic acids is 2. The van der Waals surface area contributed by atoms with E-state index in [0.29, 0.717) is 59.5 Å². The van der Waals surface area contributed by atoms with E-state index in [1.54, 1.807) is 29.5 Å². The number of hydrogen-bond acceptors (Lipinski definition) is 14. The fourth-order valence-electron chi connectivity index (χ4n) is 9.72. The molecule has 2 amide bonds. The molecule has 0 aliphatic carbocycles. The molecule has 3 fully saturated rings. The molecule has 62 heavy (non-hydrogen) atoms. The Labute approximate surface area is 363 Å². The van der Waals surface area contributed by atoms with Crippen molar-refractivity contribution >= 4 is 40.0 Å². The summed E-state index contributed by atoms with van der Waals surface area (Å²) in [5, 5.41) is 41.9. The Hall–Kier alpha value is -5.91. The lowest BCUT2D eigenvalue weighted by molar-refractivity contribution is -0.141. The lowest BCUT2D eigenvalue weighted by Gasteiger charge is -2.39. The summed E-state index contributed by atoms with van der Waals surface area (Å²) < 4.78 is 13.9. The van der Waals surface area contributed by atoms with Crippen molar-refractivity contribution in [2.75, 3.05) is 25.4 Å². The third-order valence-electron chi connectivity index (χ3n) is 12.9. The number of nitrogens with zero attached hydrogens (tertiary/aromatic N) is 8. The van der Waals surface area contributed by atoms with Crippen molar-refractivity contribution in [3.8, 4) is 33.3 Å². The number of aromatic nitrogens is 6. The van der Waals surface area contributed by atoms with Crippen molar-refractivity contribution in [2.24, 2.45) is 5.92 Å². The minimum atomic E-state index is -0.835. The Morgan fingerprint density at radius 3 is 2.48 bits per heavy atom. The molecule has 2 aromatic carbocycles. The monoisotopic (exact) mass is 860 g/mol. The van der Waals surface area contributed by atoms with E-state index < -0.39 is 18.1 Å². The number of nitrogens with two attached hydrogens (primary N) is 1. The molecule has 17 heteroatoms. The van der Waals surface area contributed by atoms with E-state index in [1.165, 1.54) is 4.90 Å². The van der Waals surface area contributed by atoms with Crippen molar-refractivity contribution in [3.05, 3.63) is 83.2 Å². The standard InChI is InChI=1S/C45H52N10O6S/c1-24(2)40(45(59)54-22-32(56)19-36(54)44(58)48-25(3)27-9-11-28(12-10-27)42-26(4)47-23-62-42)38-21-39(52-61-38)60-16-15-53-29-13-14-30(53)18-31(17-29)55-35-20-34(33-7-5-6-8-37(33)57)49-50-41(35)43(46)51-55/h5-12,20-21,23-25,29-32,36,40,56-57H,13-19,22H2,1-4H3,(H2,46,51)(H,48,58)/t25-,29?,30?,31?,32+,36-,40-/m0/s1. The molecule has 9 rings (SSSR count). The predicted octanol–water partition coefficient (Wildman–Crippen LogP) is 6.03. The van der Waals surface area contributed by atoms with Gasteiger partial charge in [-0.15, -0.1) is 21.5 Å². The largest absolute Gasteiger partial charge is 0.507 e. The molecule has 2 unspecified atom stereocenters. The van der Waals surface area contributed by atoms with Crippen LogP contribution in [0.15, 0.2) is 70.7 Å². The van der Waals surface area contributed by atoms with Gasteiger partial charge in [-0.2, -0.15) is 5.10 Å². The van der Waals surface area contributed by atoms with Gasteiger partial charge in [0.25, 0.3) is 5.88 Å². The first kappa shape index (κ1) is 41.4. The number of phenols is 1. The van der Waals surface area contributed by atoms with Crippen LogP contribution in [-0.4, -0.2) is 106 Å². The second-order valence-corrected chi connectivity index (χ2v) is 18.1. The van der Waals surface area contributed by atoms with Gasteiger partial charge in [-0.1, -0.05) is 50.2 Å². The maximum atomic E-state index is 14.3. The Morgan fingerprint density at radius 1 is 1.02 bits per heavy atom. The van der Waals surface area contributed by atoms with E-state index in [0.717, 1.165) is 52.9 Å². The number of β-amino-alcohol motifs (C(OH)–C–C–N with tert-alkyl or cyclic N) is 1. The quantitative estimate of drug-likeness (QED) is 0.105. The van der Waals surface area contributed by atoms with Crippen molar-refractivity contribution in [1.82, 2.24) is 45.2 Å². The maximum absolute atomic E-state index is 14.3. The fourth-order valence-corrected chi connectivity index (χ4v) is 10.5. The Morgan fingerprint density at radius 2 is 1.77 bits per heavy atom. The predicted molar refractivity (Wildman–Crippen MR) is 233 cm³/mol. The van der Waals surface area contributed by atoms with Gasteiger partial charge >= 0.3 is 0 Å². The highest BCUT2D eigenvalue weighted by Crippen LogP contribution is 2.42. The van der Waals surface area contributed by atoms with Crippen molar-refractivity contribution in [2.45, 2.75) is 102 Å². The molecular formula is C45H52N10O6S. The number of phenolic OH excluding ortho intramolecular Hbond substituents is 1. The van der Waals surface area contributed by atoms with Gasteiger partial charge < -0.3 is 35.4 Å². The first-order chi connectivity index (χ1) is 29.9. The summed E-state index contributed by atoms with van der Waals surface area (Å²) in [6, 6.07) is 18.3. The van der Waals surface area contributed by atoms with Crippen LogP contribution in [0.25, 0.3) is 32.7 Å². The zero-order valence-corrected chi connectivity index (χ0v) is 36.0. The normalized spacial score (nSPS) is 22.4. The number of aliphatic hydroxyl groups is 1. The smallest absolute Gasteiger partial charge is 0.254 e. The number of benzene rings is 2. The van der Waals surface area contributed by atoms with Crippen LogP contribution in [-0.2, 0) is 9.59 Å². The van der Waals surface area contributed by atoms with Crippen LogP contribution < -0.4 is 15.8 Å². The molecule has 16 nitrogen and oxygen atoms in total. The van der Waals surface area contributed by atoms with Crippen LogP contribution in [0.4, 0.5) is 5.82 Å². The number of piperidine rings is 1. The first-order valence-electron chi connectivity index (χ1n) is 21.4. The molecular weight excluding hydrogens is 809 g/mol. The van der Waals surface area contributed by atoms with Crippen molar-refractivity contribution in [1.29, 1.82) is 0 Å². The fraction of sp³-hybridized carbons (Fsp3) is 0.444. The van der Waals surface area contributed by atoms with Crippen LogP contribution >= 0.6 is 11.3 Å². The zero-order chi connectivity index (χ0) is 43.2. The molecule has 5 N–H and O–H groups in total. The number of hydrogen-bond donors (Lipinski definition) is 4. The molecule has 3 aliphatic rings. The summed E-state index contributed by atoms with van der Waals surface area (Å²) in [5.74, 6) is -0.425. The number of rotatable bonds is 13. The average molecular weight is 861 g/mol. The number of nitrogens with one attached hydrogen (secondary N) is 1. The van der Waals surface area contributed by atoms with Crippen LogP contribution in [0, 0.1) is 12.8 Å². The van der Waals surface area contributed by atoms with Gasteiger partial charge in [0, 0.05) is 43.2 Å². The van der Waals surface area contributed by atoms with E-state index in [-0.39, 0.29) is 48.5 Å². The van der Waals surface area contributed by atoms with Gasteiger partial charge in [0.05, 0.1) is 45.5 Å². The molecule has 3 aliphatic heterocycles. The summed E-state index contributed by atoms with van der Waals surface area (Å²) in [7, 11) is 0. The SMILES string of the molecule is Cc1ncsc1-c1ccc([C@H](C)NC(=O)[C@@H]2C[C@@H](O)CN2C(=O)[C@H](c2cc(OCCN3C4CCC3CC(n3nc(N)c5nnc(-c6ccccc6O)cc53)C4)no2)C(C)C)cc1. The number of likely N-dealkylation sites (tertiary alicyclic amines) is 1. The number of amides is 2. The molecule has 6 atom stereocenters. The summed E-state index contributed by atoms with van der Waals surface area (Å²) >= 11 is 1.59. The highest BCUT2D eigenvalue weighted by Gasteiger charge is 2.44. The molecule has 0 saturated carbocycles. The van der Waals surface area contributed by atoms with Crippen molar-refractivity contribution < 1.29 is 29.1 Å². The summed E-state index contributed by atoms with van der Waals surface area (Å²) in [5.41, 5.74) is 13.6. The number of fused-ring (bicyclic) bond motifs is 3. The average Bonchev–Trinajstić information content (AvgIpc) is 4.10. The van der Waals surface area contributed by atoms with E-state index in [2.05, 4.69) is 30.6 Å². The molecule has 2 bridgehead atoms. The van der Waals surface area contributed by atoms with Gasteiger partial charge in [-0.25, -0.2) is 4.98 Å². The summed E-state index contributed by atoms with van der Waals surface area (Å²) in [6.07, 6.45) is 3.21. The van der Waals surface area contributed by atoms with Gasteiger partial charge in [0.15, 0.2) is 17.1 Å². The second-order valence-electron chi connectivity index (χ2n) is 17.2. The Kier molecular flexibility index (Phi) is 11.4. The lowest BCUT2D eigenvalue weighted by Crippen LogP contribution is -2.48. The summed E-state index contributed by atoms with van der Waals surface area (Å²) in [6.45, 7) is 8.86. The van der Waals surface area contributed by atoms with Gasteiger partial charge in [-0.3, -0.25) is 19.2 Å². The molecule has 4 aromatic heterocycles. The van der Waals surface area contributed by atoms with Gasteiger partial charge in [0.1, 0.15) is 24.3 Å². The molecule has 0 radical (unpaired) electrons. The van der Waals surface area contributed by atoms with E-state index >= 15 is 0 Å². The lowest BCUT2D eigenvalue weighted by atomic mass is 9.91. The number of aliphatic hydroxyl groups excluding tert-OH is 1. The Bertz CT molecular complexity index is 2560. The number of thiazole rings is 1. The zero-order valence-electron chi connectivity index (χ0n) is 35.2. The third kappa shape index (κ3) is 7.99. The van der Waals surface area contributed by atoms with E-state index in [1.807, 2.05) is 80.4 Å². The van der Waals surface area contributed by atoms with Gasteiger partial charge in [0.2, 0.25) is 11.8 Å². The van der Waals surface area contributed by atoms with Crippen LogP contribution in [0.5, 0.6) is 11.6 Å². The molecule has 7 heterocycles. The number of anilines is 1. The number of para-hydroxylation sites is 1. The first-order valence-corrected chi connectivity index (χ1v) is 22.3. The topological polar surface area (TPSA) is 211 Å².